The summed E-state index contributed by atoms with van der Waals surface area (Å²) >= 11 is 1.05. The summed E-state index contributed by atoms with van der Waals surface area (Å²) in [7, 11) is -1.97. The average molecular weight is 432 g/mol. The molecule has 0 amide bonds. The van der Waals surface area contributed by atoms with Gasteiger partial charge in [0.05, 0.1) is 15.1 Å². The van der Waals surface area contributed by atoms with E-state index in [1.807, 2.05) is 12.1 Å². The number of benzene rings is 2. The number of aromatic nitrogens is 1. The lowest BCUT2D eigenvalue weighted by Gasteiger charge is -2.32. The molecule has 0 saturated carbocycles. The molecule has 2 heterocycles. The van der Waals surface area contributed by atoms with Gasteiger partial charge in [0.15, 0.2) is 0 Å². The maximum atomic E-state index is 12.7. The van der Waals surface area contributed by atoms with Crippen LogP contribution in [-0.4, -0.2) is 26.1 Å². The van der Waals surface area contributed by atoms with E-state index in [9.17, 15) is 13.2 Å². The van der Waals surface area contributed by atoms with E-state index in [2.05, 4.69) is 28.7 Å². The van der Waals surface area contributed by atoms with Gasteiger partial charge in [0, 0.05) is 32.4 Å². The summed E-state index contributed by atoms with van der Waals surface area (Å²) < 4.78 is 30.2. The Bertz CT molecular complexity index is 1180. The number of nitrogens with zero attached hydrogens (tertiary/aromatic N) is 2. The second-order valence-electron chi connectivity index (χ2n) is 7.74. The first-order chi connectivity index (χ1) is 13.8. The molecule has 0 bridgehead atoms. The Kier molecular flexibility index (Phi) is 5.50. The molecule has 0 spiro atoms. The molecule has 154 valence electrons. The third kappa shape index (κ3) is 4.24. The molecular weight excluding hydrogens is 406 g/mol. The topological polar surface area (TPSA) is 71.4 Å². The molecule has 8 heteroatoms. The largest absolute Gasteiger partial charge is 0.371 e. The van der Waals surface area contributed by atoms with Crippen molar-refractivity contribution in [2.24, 2.45) is 13.0 Å². The highest BCUT2D eigenvalue weighted by Crippen LogP contribution is 2.24. The molecule has 4 rings (SSSR count). The van der Waals surface area contributed by atoms with Gasteiger partial charge in [-0.3, -0.25) is 4.79 Å². The molecule has 0 radical (unpaired) electrons. The summed E-state index contributed by atoms with van der Waals surface area (Å²) in [6.45, 7) is 4.65. The fourth-order valence-corrected chi connectivity index (χ4v) is 5.83. The fourth-order valence-electron chi connectivity index (χ4n) is 3.79. The molecule has 2 aromatic carbocycles. The van der Waals surface area contributed by atoms with Gasteiger partial charge in [0.1, 0.15) is 0 Å². The number of hydrogen-bond donors (Lipinski definition) is 1. The van der Waals surface area contributed by atoms with Crippen molar-refractivity contribution in [3.05, 3.63) is 57.7 Å². The molecule has 6 nitrogen and oxygen atoms in total. The lowest BCUT2D eigenvalue weighted by Crippen LogP contribution is -2.34. The Labute approximate surface area is 174 Å². The lowest BCUT2D eigenvalue weighted by atomic mass is 9.99. The van der Waals surface area contributed by atoms with Crippen molar-refractivity contribution in [1.82, 2.24) is 9.29 Å². The number of anilines is 1. The van der Waals surface area contributed by atoms with Crippen molar-refractivity contribution in [1.29, 1.82) is 0 Å². The first-order valence-electron chi connectivity index (χ1n) is 9.76. The molecule has 1 saturated heterocycles. The zero-order chi connectivity index (χ0) is 20.6. The molecule has 1 aliphatic rings. The highest BCUT2D eigenvalue weighted by atomic mass is 32.2. The van der Waals surface area contributed by atoms with Crippen LogP contribution >= 0.6 is 11.3 Å². The van der Waals surface area contributed by atoms with Crippen LogP contribution in [0.5, 0.6) is 0 Å². The maximum Gasteiger partial charge on any atom is 0.307 e. The highest BCUT2D eigenvalue weighted by Gasteiger charge is 2.18. The predicted molar refractivity (Wildman–Crippen MR) is 118 cm³/mol. The van der Waals surface area contributed by atoms with E-state index >= 15 is 0 Å². The van der Waals surface area contributed by atoms with Crippen molar-refractivity contribution in [3.8, 4) is 0 Å². The second-order valence-corrected chi connectivity index (χ2v) is 10.5. The Balaban J connectivity index is 1.46. The van der Waals surface area contributed by atoms with Gasteiger partial charge < -0.3 is 9.47 Å². The van der Waals surface area contributed by atoms with Crippen LogP contribution in [0, 0.1) is 5.92 Å². The van der Waals surface area contributed by atoms with Crippen LogP contribution in [0.1, 0.15) is 25.3 Å². The average Bonchev–Trinajstić information content (AvgIpc) is 3.00. The van der Waals surface area contributed by atoms with Gasteiger partial charge >= 0.3 is 4.87 Å². The number of hydrogen-bond acceptors (Lipinski definition) is 5. The number of sulfonamides is 1. The molecule has 1 aromatic heterocycles. The van der Waals surface area contributed by atoms with E-state index < -0.39 is 10.0 Å². The van der Waals surface area contributed by atoms with Crippen LogP contribution < -0.4 is 14.5 Å². The van der Waals surface area contributed by atoms with Gasteiger partial charge in [-0.1, -0.05) is 30.4 Å². The van der Waals surface area contributed by atoms with Crippen LogP contribution in [0.4, 0.5) is 5.69 Å². The molecule has 29 heavy (non-hydrogen) atoms. The fraction of sp³-hybridized carbons (Fsp3) is 0.381. The van der Waals surface area contributed by atoms with E-state index in [-0.39, 0.29) is 16.3 Å². The van der Waals surface area contributed by atoms with Crippen LogP contribution in [0.25, 0.3) is 10.2 Å². The van der Waals surface area contributed by atoms with E-state index in [0.717, 1.165) is 35.5 Å². The number of aryl methyl sites for hydroxylation is 1. The molecule has 1 N–H and O–H groups in total. The Morgan fingerprint density at radius 2 is 1.93 bits per heavy atom. The molecule has 1 fully saturated rings. The van der Waals surface area contributed by atoms with Gasteiger partial charge in [-0.15, -0.1) is 0 Å². The second kappa shape index (κ2) is 7.93. The number of piperidine rings is 1. The van der Waals surface area contributed by atoms with Gasteiger partial charge in [-0.25, -0.2) is 13.1 Å². The first-order valence-corrected chi connectivity index (χ1v) is 12.1. The van der Waals surface area contributed by atoms with Crippen LogP contribution in [0.2, 0.25) is 0 Å². The minimum absolute atomic E-state index is 0.106. The SMILES string of the molecule is CC1CCCN(c2ccc(CNS(=O)(=O)c3ccc4c(c3)sc(=O)n4C)cc2)C1. The third-order valence-electron chi connectivity index (χ3n) is 5.50. The monoisotopic (exact) mass is 431 g/mol. The Morgan fingerprint density at radius 3 is 2.66 bits per heavy atom. The minimum Gasteiger partial charge on any atom is -0.371 e. The first kappa shape index (κ1) is 20.1. The van der Waals surface area contributed by atoms with Crippen molar-refractivity contribution >= 4 is 37.3 Å². The maximum absolute atomic E-state index is 12.7. The zero-order valence-corrected chi connectivity index (χ0v) is 18.2. The van der Waals surface area contributed by atoms with Crippen LogP contribution in [0.15, 0.2) is 52.2 Å². The van der Waals surface area contributed by atoms with Crippen molar-refractivity contribution in [2.75, 3.05) is 18.0 Å². The normalized spacial score (nSPS) is 17.7. The highest BCUT2D eigenvalue weighted by molar-refractivity contribution is 7.89. The Morgan fingerprint density at radius 1 is 1.17 bits per heavy atom. The molecule has 1 atom stereocenters. The van der Waals surface area contributed by atoms with Gasteiger partial charge in [0.2, 0.25) is 10.0 Å². The lowest BCUT2D eigenvalue weighted by molar-refractivity contribution is 0.447. The van der Waals surface area contributed by atoms with Crippen LogP contribution in [0.3, 0.4) is 0 Å². The molecule has 1 unspecified atom stereocenters. The summed E-state index contributed by atoms with van der Waals surface area (Å²) in [6, 6.07) is 12.9. The standard InChI is InChI=1S/C21H25N3O3S2/c1-15-4-3-11-24(14-15)17-7-5-16(6-8-17)13-22-29(26,27)18-9-10-19-20(12-18)28-21(25)23(19)2/h5-10,12,15,22H,3-4,11,13-14H2,1-2H3. The molecule has 0 aliphatic carbocycles. The van der Waals surface area contributed by atoms with Crippen molar-refractivity contribution in [2.45, 2.75) is 31.2 Å². The molecule has 3 aromatic rings. The number of rotatable bonds is 5. The van der Waals surface area contributed by atoms with E-state index in [1.165, 1.54) is 29.2 Å². The minimum atomic E-state index is -3.66. The number of nitrogens with one attached hydrogen (secondary N) is 1. The number of thiazole rings is 1. The van der Waals surface area contributed by atoms with Crippen LogP contribution in [-0.2, 0) is 23.6 Å². The zero-order valence-electron chi connectivity index (χ0n) is 16.6. The van der Waals surface area contributed by atoms with Gasteiger partial charge in [-0.05, 0) is 54.7 Å². The predicted octanol–water partition coefficient (Wildman–Crippen LogP) is 3.31. The van der Waals surface area contributed by atoms with Gasteiger partial charge in [0.25, 0.3) is 0 Å². The summed E-state index contributed by atoms with van der Waals surface area (Å²) in [5.74, 6) is 0.704. The number of fused-ring (bicyclic) bond motifs is 1. The summed E-state index contributed by atoms with van der Waals surface area (Å²) in [5.41, 5.74) is 2.84. The van der Waals surface area contributed by atoms with E-state index in [0.29, 0.717) is 10.6 Å². The van der Waals surface area contributed by atoms with Crippen molar-refractivity contribution < 1.29 is 8.42 Å². The molecule has 1 aliphatic heterocycles. The molecular formula is C21H25N3O3S2. The summed E-state index contributed by atoms with van der Waals surface area (Å²) in [5, 5.41) is 0. The van der Waals surface area contributed by atoms with E-state index in [4.69, 9.17) is 0 Å². The smallest absolute Gasteiger partial charge is 0.307 e. The third-order valence-corrected chi connectivity index (χ3v) is 7.89. The Hall–Kier alpha value is -2.16. The summed E-state index contributed by atoms with van der Waals surface area (Å²) in [6.07, 6.45) is 2.49. The van der Waals surface area contributed by atoms with Gasteiger partial charge in [-0.2, -0.15) is 0 Å². The quantitative estimate of drug-likeness (QED) is 0.673. The summed E-state index contributed by atoms with van der Waals surface area (Å²) in [4.78, 5) is 14.2. The van der Waals surface area contributed by atoms with E-state index in [1.54, 1.807) is 19.2 Å². The van der Waals surface area contributed by atoms with Crippen molar-refractivity contribution in [3.63, 3.8) is 0 Å².